The van der Waals surface area contributed by atoms with Crippen LogP contribution in [0.5, 0.6) is 0 Å². The molecule has 1 atom stereocenters. The van der Waals surface area contributed by atoms with Crippen molar-refractivity contribution in [3.8, 4) is 0 Å². The van der Waals surface area contributed by atoms with Gasteiger partial charge < -0.3 is 5.32 Å². The summed E-state index contributed by atoms with van der Waals surface area (Å²) in [5.41, 5.74) is 1.99. The number of aryl methyl sites for hydroxylation is 2. The van der Waals surface area contributed by atoms with Crippen LogP contribution in [-0.4, -0.2) is 16.8 Å². The molecule has 0 saturated carbocycles. The van der Waals surface area contributed by atoms with E-state index in [-0.39, 0.29) is 17.9 Å². The van der Waals surface area contributed by atoms with E-state index in [9.17, 15) is 9.18 Å². The zero-order valence-electron chi connectivity index (χ0n) is 13.1. The highest BCUT2D eigenvalue weighted by atomic mass is 32.2. The lowest BCUT2D eigenvalue weighted by Crippen LogP contribution is -2.34. The molecule has 24 heavy (non-hydrogen) atoms. The number of carbonyl (C=O) groups is 1. The van der Waals surface area contributed by atoms with Crippen molar-refractivity contribution < 1.29 is 9.18 Å². The lowest BCUT2D eigenvalue weighted by Gasteiger charge is -2.26. The lowest BCUT2D eigenvalue weighted by molar-refractivity contribution is 0.248. The topological polar surface area (TPSA) is 54.0 Å². The summed E-state index contributed by atoms with van der Waals surface area (Å²) in [6.45, 7) is 0. The SMILES string of the molecule is O=C(Nc1nc2c(s1)CCCC2)NC1CCSc2c(F)cccc21. The number of benzene rings is 1. The average molecular weight is 363 g/mol. The van der Waals surface area contributed by atoms with Gasteiger partial charge in [-0.2, -0.15) is 0 Å². The van der Waals surface area contributed by atoms with Crippen LogP contribution in [0.25, 0.3) is 0 Å². The number of hydrogen-bond donors (Lipinski definition) is 2. The Kier molecular flexibility index (Phi) is 4.45. The number of thioether (sulfide) groups is 1. The van der Waals surface area contributed by atoms with E-state index >= 15 is 0 Å². The molecule has 1 aromatic carbocycles. The molecule has 4 nitrogen and oxygen atoms in total. The molecule has 0 saturated heterocycles. The molecule has 2 N–H and O–H groups in total. The van der Waals surface area contributed by atoms with Crippen molar-refractivity contribution >= 4 is 34.3 Å². The Balaban J connectivity index is 1.45. The van der Waals surface area contributed by atoms with Crippen LogP contribution < -0.4 is 10.6 Å². The fourth-order valence-corrected chi connectivity index (χ4v) is 5.42. The molecule has 0 fully saturated rings. The maximum atomic E-state index is 13.9. The Bertz CT molecular complexity index is 754. The number of nitrogens with zero attached hydrogens (tertiary/aromatic N) is 1. The number of urea groups is 1. The summed E-state index contributed by atoms with van der Waals surface area (Å²) in [5, 5.41) is 6.47. The average Bonchev–Trinajstić information content (AvgIpc) is 2.98. The van der Waals surface area contributed by atoms with Crippen LogP contribution in [0.3, 0.4) is 0 Å². The van der Waals surface area contributed by atoms with Gasteiger partial charge >= 0.3 is 6.03 Å². The molecule has 2 aliphatic rings. The Morgan fingerprint density at radius 2 is 2.17 bits per heavy atom. The van der Waals surface area contributed by atoms with E-state index in [4.69, 9.17) is 0 Å². The van der Waals surface area contributed by atoms with E-state index in [0.717, 1.165) is 36.3 Å². The van der Waals surface area contributed by atoms with Gasteiger partial charge in [-0.3, -0.25) is 5.32 Å². The number of rotatable bonds is 2. The molecule has 126 valence electrons. The summed E-state index contributed by atoms with van der Waals surface area (Å²) >= 11 is 3.08. The van der Waals surface area contributed by atoms with Gasteiger partial charge in [0.2, 0.25) is 0 Å². The van der Waals surface area contributed by atoms with E-state index in [2.05, 4.69) is 15.6 Å². The standard InChI is InChI=1S/C17H18FN3OS2/c18-11-5-3-4-10-12(8-9-23-15(10)11)19-16(22)21-17-20-13-6-1-2-7-14(13)24-17/h3-5,12H,1-2,6-9H2,(H2,19,20,21,22). The van der Waals surface area contributed by atoms with Crippen molar-refractivity contribution in [1.29, 1.82) is 0 Å². The van der Waals surface area contributed by atoms with Gasteiger partial charge in [0.15, 0.2) is 5.13 Å². The van der Waals surface area contributed by atoms with E-state index < -0.39 is 0 Å². The van der Waals surface area contributed by atoms with Crippen molar-refractivity contribution in [1.82, 2.24) is 10.3 Å². The van der Waals surface area contributed by atoms with E-state index in [1.807, 2.05) is 6.07 Å². The Labute approximate surface area is 148 Å². The minimum absolute atomic E-state index is 0.161. The molecular formula is C17H18FN3OS2. The van der Waals surface area contributed by atoms with Crippen LogP contribution in [0.15, 0.2) is 23.1 Å². The first-order valence-corrected chi connectivity index (χ1v) is 9.98. The monoisotopic (exact) mass is 363 g/mol. The van der Waals surface area contributed by atoms with Crippen LogP contribution >= 0.6 is 23.1 Å². The van der Waals surface area contributed by atoms with Crippen molar-refractivity contribution in [3.63, 3.8) is 0 Å². The molecule has 2 amide bonds. The molecule has 4 rings (SSSR count). The summed E-state index contributed by atoms with van der Waals surface area (Å²) in [7, 11) is 0. The predicted octanol–water partition coefficient (Wildman–Crippen LogP) is 4.52. The molecule has 1 unspecified atom stereocenters. The van der Waals surface area contributed by atoms with E-state index in [0.29, 0.717) is 10.0 Å². The normalized spacial score (nSPS) is 19.3. The molecule has 7 heteroatoms. The summed E-state index contributed by atoms with van der Waals surface area (Å²) in [6.07, 6.45) is 5.22. The number of anilines is 1. The van der Waals surface area contributed by atoms with E-state index in [1.54, 1.807) is 17.4 Å². The number of carbonyl (C=O) groups excluding carboxylic acids is 1. The number of amides is 2. The molecule has 2 heterocycles. The highest BCUT2D eigenvalue weighted by molar-refractivity contribution is 7.99. The highest BCUT2D eigenvalue weighted by Crippen LogP contribution is 2.37. The second kappa shape index (κ2) is 6.72. The van der Waals surface area contributed by atoms with Crippen molar-refractivity contribution in [2.45, 2.75) is 43.0 Å². The highest BCUT2D eigenvalue weighted by Gasteiger charge is 2.25. The van der Waals surface area contributed by atoms with Crippen LogP contribution in [0.4, 0.5) is 14.3 Å². The fraction of sp³-hybridized carbons (Fsp3) is 0.412. The third-order valence-corrected chi connectivity index (χ3v) is 6.63. The Morgan fingerprint density at radius 1 is 1.29 bits per heavy atom. The molecule has 0 radical (unpaired) electrons. The summed E-state index contributed by atoms with van der Waals surface area (Å²) in [4.78, 5) is 18.8. The maximum absolute atomic E-state index is 13.9. The first kappa shape index (κ1) is 15.9. The molecule has 2 aromatic rings. The summed E-state index contributed by atoms with van der Waals surface area (Å²) in [5.74, 6) is 0.585. The zero-order chi connectivity index (χ0) is 16.5. The van der Waals surface area contributed by atoms with Crippen molar-refractivity contribution in [2.75, 3.05) is 11.1 Å². The number of halogens is 1. The van der Waals surface area contributed by atoms with Crippen molar-refractivity contribution in [3.05, 3.63) is 40.2 Å². The molecule has 1 aliphatic carbocycles. The van der Waals surface area contributed by atoms with Gasteiger partial charge in [-0.15, -0.1) is 23.1 Å². The molecule has 0 spiro atoms. The van der Waals surface area contributed by atoms with Crippen LogP contribution in [0, 0.1) is 5.82 Å². The van der Waals surface area contributed by atoms with Gasteiger partial charge in [-0.05, 0) is 43.7 Å². The quantitative estimate of drug-likeness (QED) is 0.825. The molecule has 0 bridgehead atoms. The zero-order valence-corrected chi connectivity index (χ0v) is 14.7. The smallest absolute Gasteiger partial charge is 0.321 e. The first-order chi connectivity index (χ1) is 11.7. The number of fused-ring (bicyclic) bond motifs is 2. The summed E-state index contributed by atoms with van der Waals surface area (Å²) < 4.78 is 13.9. The minimum atomic E-state index is -0.270. The van der Waals surface area contributed by atoms with Gasteiger partial charge in [0.1, 0.15) is 5.82 Å². The van der Waals surface area contributed by atoms with Crippen molar-refractivity contribution in [2.24, 2.45) is 0 Å². The van der Waals surface area contributed by atoms with E-state index in [1.165, 1.54) is 35.5 Å². The molecule has 1 aromatic heterocycles. The lowest BCUT2D eigenvalue weighted by atomic mass is 10.0. The van der Waals surface area contributed by atoms with Gasteiger partial charge in [-0.25, -0.2) is 14.2 Å². The molecule has 1 aliphatic heterocycles. The summed E-state index contributed by atoms with van der Waals surface area (Å²) in [6, 6.07) is 4.62. The Hall–Kier alpha value is -1.60. The predicted molar refractivity (Wildman–Crippen MR) is 95.4 cm³/mol. The number of aromatic nitrogens is 1. The van der Waals surface area contributed by atoms with Gasteiger partial charge in [-0.1, -0.05) is 12.1 Å². The number of thiazole rings is 1. The van der Waals surface area contributed by atoms with Gasteiger partial charge in [0.05, 0.1) is 11.7 Å². The largest absolute Gasteiger partial charge is 0.331 e. The second-order valence-corrected chi connectivity index (χ2v) is 8.23. The Morgan fingerprint density at radius 3 is 3.04 bits per heavy atom. The second-order valence-electron chi connectivity index (χ2n) is 6.04. The van der Waals surface area contributed by atoms with Crippen LogP contribution in [0.1, 0.15) is 41.4 Å². The number of hydrogen-bond acceptors (Lipinski definition) is 4. The third kappa shape index (κ3) is 3.15. The van der Waals surface area contributed by atoms with Crippen LogP contribution in [-0.2, 0) is 12.8 Å². The first-order valence-electron chi connectivity index (χ1n) is 8.18. The van der Waals surface area contributed by atoms with Gasteiger partial charge in [0.25, 0.3) is 0 Å². The fourth-order valence-electron chi connectivity index (χ4n) is 3.23. The minimum Gasteiger partial charge on any atom is -0.331 e. The van der Waals surface area contributed by atoms with Gasteiger partial charge in [0, 0.05) is 15.5 Å². The number of nitrogens with one attached hydrogen (secondary N) is 2. The molecular weight excluding hydrogens is 345 g/mol. The third-order valence-electron chi connectivity index (χ3n) is 4.40. The maximum Gasteiger partial charge on any atom is 0.321 e. The van der Waals surface area contributed by atoms with Crippen LogP contribution in [0.2, 0.25) is 0 Å².